The second-order valence-corrected chi connectivity index (χ2v) is 7.91. The molecule has 2 amide bonds. The molecule has 2 heterocycles. The lowest BCUT2D eigenvalue weighted by molar-refractivity contribution is -0.135. The van der Waals surface area contributed by atoms with Crippen LogP contribution in [-0.2, 0) is 20.7 Å². The summed E-state index contributed by atoms with van der Waals surface area (Å²) >= 11 is 0. The van der Waals surface area contributed by atoms with Crippen LogP contribution in [0.15, 0.2) is 0 Å². The Bertz CT molecular complexity index is 751. The first-order valence-electron chi connectivity index (χ1n) is 10.3. The average Bonchev–Trinajstić information content (AvgIpc) is 3.44. The lowest BCUT2D eigenvalue weighted by Crippen LogP contribution is -2.45. The normalized spacial score (nSPS) is 19.4. The van der Waals surface area contributed by atoms with E-state index in [1.807, 2.05) is 18.7 Å². The van der Waals surface area contributed by atoms with Crippen molar-refractivity contribution in [3.63, 3.8) is 0 Å². The lowest BCUT2D eigenvalue weighted by atomic mass is 9.96. The van der Waals surface area contributed by atoms with Crippen LogP contribution in [0.25, 0.3) is 0 Å². The molecule has 1 unspecified atom stereocenters. The number of hydrogen-bond acceptors (Lipinski definition) is 4. The molecular formula is C21H31N3O4. The number of ether oxygens (including phenoxy) is 1. The number of aromatic nitrogens is 1. The molecule has 0 bridgehead atoms. The Kier molecular flexibility index (Phi) is 6.42. The monoisotopic (exact) mass is 389 g/mol. The van der Waals surface area contributed by atoms with Crippen LogP contribution in [0, 0.1) is 19.8 Å². The summed E-state index contributed by atoms with van der Waals surface area (Å²) in [5, 5.41) is 3.05. The zero-order valence-corrected chi connectivity index (χ0v) is 17.1. The van der Waals surface area contributed by atoms with Gasteiger partial charge in [0.2, 0.25) is 11.8 Å². The van der Waals surface area contributed by atoms with Crippen molar-refractivity contribution < 1.29 is 19.1 Å². The number of rotatable bonds is 7. The molecule has 1 aliphatic heterocycles. The Hall–Kier alpha value is -2.31. The molecular weight excluding hydrogens is 358 g/mol. The van der Waals surface area contributed by atoms with Crippen molar-refractivity contribution in [3.05, 3.63) is 22.5 Å². The number of carbonyl (C=O) groups excluding carboxylic acids is 3. The Labute approximate surface area is 166 Å². The zero-order chi connectivity index (χ0) is 20.3. The van der Waals surface area contributed by atoms with E-state index in [-0.39, 0.29) is 23.7 Å². The summed E-state index contributed by atoms with van der Waals surface area (Å²) in [5.74, 6) is -0.288. The minimum Gasteiger partial charge on any atom is -0.461 e. The van der Waals surface area contributed by atoms with Crippen molar-refractivity contribution in [1.82, 2.24) is 15.2 Å². The van der Waals surface area contributed by atoms with Gasteiger partial charge in [0.25, 0.3) is 0 Å². The van der Waals surface area contributed by atoms with E-state index >= 15 is 0 Å². The van der Waals surface area contributed by atoms with E-state index in [0.29, 0.717) is 44.3 Å². The third-order valence-corrected chi connectivity index (χ3v) is 5.73. The van der Waals surface area contributed by atoms with Gasteiger partial charge in [-0.15, -0.1) is 0 Å². The fraction of sp³-hybridized carbons (Fsp3) is 0.667. The molecule has 1 aliphatic carbocycles. The van der Waals surface area contributed by atoms with Crippen LogP contribution in [0.1, 0.15) is 66.3 Å². The zero-order valence-electron chi connectivity index (χ0n) is 17.1. The van der Waals surface area contributed by atoms with Crippen molar-refractivity contribution in [2.45, 2.75) is 65.3 Å². The lowest BCUT2D eigenvalue weighted by Gasteiger charge is -2.32. The highest BCUT2D eigenvalue weighted by Gasteiger charge is 2.32. The maximum absolute atomic E-state index is 12.7. The predicted molar refractivity (Wildman–Crippen MR) is 105 cm³/mol. The van der Waals surface area contributed by atoms with Crippen LogP contribution >= 0.6 is 0 Å². The maximum Gasteiger partial charge on any atom is 0.355 e. The maximum atomic E-state index is 12.7. The average molecular weight is 389 g/mol. The minimum atomic E-state index is -0.360. The van der Waals surface area contributed by atoms with E-state index in [2.05, 4.69) is 10.3 Å². The van der Waals surface area contributed by atoms with E-state index in [4.69, 9.17) is 4.74 Å². The molecule has 2 fully saturated rings. The molecule has 0 aromatic carbocycles. The third kappa shape index (κ3) is 4.75. The van der Waals surface area contributed by atoms with Crippen LogP contribution in [0.2, 0.25) is 0 Å². The largest absolute Gasteiger partial charge is 0.461 e. The molecule has 1 atom stereocenters. The highest BCUT2D eigenvalue weighted by Crippen LogP contribution is 2.24. The van der Waals surface area contributed by atoms with Gasteiger partial charge >= 0.3 is 5.97 Å². The summed E-state index contributed by atoms with van der Waals surface area (Å²) in [7, 11) is 0. The number of aryl methyl sites for hydroxylation is 1. The first-order valence-corrected chi connectivity index (χ1v) is 10.3. The van der Waals surface area contributed by atoms with E-state index < -0.39 is 0 Å². The molecule has 0 spiro atoms. The predicted octanol–water partition coefficient (Wildman–Crippen LogP) is 2.26. The first-order chi connectivity index (χ1) is 13.4. The van der Waals surface area contributed by atoms with Crippen molar-refractivity contribution in [3.8, 4) is 0 Å². The van der Waals surface area contributed by atoms with Gasteiger partial charge in [-0.05, 0) is 64.0 Å². The van der Waals surface area contributed by atoms with Gasteiger partial charge < -0.3 is 19.9 Å². The molecule has 1 aromatic rings. The number of H-pyrrole nitrogens is 1. The Morgan fingerprint density at radius 1 is 1.21 bits per heavy atom. The summed E-state index contributed by atoms with van der Waals surface area (Å²) in [4.78, 5) is 42.0. The van der Waals surface area contributed by atoms with Gasteiger partial charge in [-0.25, -0.2) is 4.79 Å². The van der Waals surface area contributed by atoms with Gasteiger partial charge in [0.05, 0.1) is 12.5 Å². The molecule has 2 aliphatic rings. The quantitative estimate of drug-likeness (QED) is 0.700. The fourth-order valence-electron chi connectivity index (χ4n) is 3.93. The molecule has 28 heavy (non-hydrogen) atoms. The number of likely N-dealkylation sites (tertiary alicyclic amines) is 1. The summed E-state index contributed by atoms with van der Waals surface area (Å²) < 4.78 is 5.08. The van der Waals surface area contributed by atoms with E-state index in [0.717, 1.165) is 42.5 Å². The smallest absolute Gasteiger partial charge is 0.355 e. The minimum absolute atomic E-state index is 0.0709. The molecule has 7 nitrogen and oxygen atoms in total. The van der Waals surface area contributed by atoms with Gasteiger partial charge in [-0.2, -0.15) is 0 Å². The van der Waals surface area contributed by atoms with Gasteiger partial charge in [0.1, 0.15) is 5.69 Å². The van der Waals surface area contributed by atoms with Crippen LogP contribution in [0.3, 0.4) is 0 Å². The molecule has 2 N–H and O–H groups in total. The van der Waals surface area contributed by atoms with E-state index in [1.54, 1.807) is 6.92 Å². The van der Waals surface area contributed by atoms with Crippen LogP contribution in [-0.4, -0.2) is 53.4 Å². The van der Waals surface area contributed by atoms with Gasteiger partial charge in [-0.3, -0.25) is 9.59 Å². The highest BCUT2D eigenvalue weighted by atomic mass is 16.5. The Morgan fingerprint density at radius 2 is 1.96 bits per heavy atom. The fourth-order valence-corrected chi connectivity index (χ4v) is 3.93. The van der Waals surface area contributed by atoms with Crippen LogP contribution < -0.4 is 5.32 Å². The molecule has 7 heteroatoms. The summed E-state index contributed by atoms with van der Waals surface area (Å²) in [6.45, 7) is 7.12. The second-order valence-electron chi connectivity index (χ2n) is 7.91. The van der Waals surface area contributed by atoms with Gasteiger partial charge in [0.15, 0.2) is 0 Å². The Morgan fingerprint density at radius 3 is 2.64 bits per heavy atom. The van der Waals surface area contributed by atoms with E-state index in [1.165, 1.54) is 0 Å². The molecule has 1 aromatic heterocycles. The topological polar surface area (TPSA) is 91.5 Å². The van der Waals surface area contributed by atoms with Crippen molar-refractivity contribution >= 4 is 17.8 Å². The number of piperidine rings is 1. The number of amides is 2. The number of nitrogens with zero attached hydrogens (tertiary/aromatic N) is 1. The van der Waals surface area contributed by atoms with Crippen molar-refractivity contribution in [2.24, 2.45) is 5.92 Å². The number of hydrogen-bond donors (Lipinski definition) is 2. The molecule has 3 rings (SSSR count). The molecule has 1 saturated carbocycles. The van der Waals surface area contributed by atoms with Crippen molar-refractivity contribution in [1.29, 1.82) is 0 Å². The highest BCUT2D eigenvalue weighted by molar-refractivity contribution is 5.90. The Balaban J connectivity index is 1.56. The number of aromatic amines is 1. The number of carbonyl (C=O) groups is 3. The second kappa shape index (κ2) is 8.80. The van der Waals surface area contributed by atoms with Gasteiger partial charge in [-0.1, -0.05) is 0 Å². The SMILES string of the molecule is CCOC(=O)c1[nH]c(C)c(CCC(=O)N2CCCC(C(=O)NC3CC3)C2)c1C. The molecule has 0 radical (unpaired) electrons. The first kappa shape index (κ1) is 20.4. The van der Waals surface area contributed by atoms with E-state index in [9.17, 15) is 14.4 Å². The summed E-state index contributed by atoms with van der Waals surface area (Å²) in [6.07, 6.45) is 4.81. The standard InChI is InChI=1S/C21H31N3O4/c1-4-28-21(27)19-13(2)17(14(3)22-19)9-10-18(25)24-11-5-6-15(12-24)20(26)23-16-7-8-16/h15-16,22H,4-12H2,1-3H3,(H,23,26). The number of esters is 1. The van der Waals surface area contributed by atoms with Crippen LogP contribution in [0.4, 0.5) is 0 Å². The molecule has 1 saturated heterocycles. The summed E-state index contributed by atoms with van der Waals surface area (Å²) in [5.41, 5.74) is 3.21. The van der Waals surface area contributed by atoms with Crippen molar-refractivity contribution in [2.75, 3.05) is 19.7 Å². The summed E-state index contributed by atoms with van der Waals surface area (Å²) in [6, 6.07) is 0.353. The third-order valence-electron chi connectivity index (χ3n) is 5.73. The number of nitrogens with one attached hydrogen (secondary N) is 2. The van der Waals surface area contributed by atoms with Crippen LogP contribution in [0.5, 0.6) is 0 Å². The molecule has 154 valence electrons. The van der Waals surface area contributed by atoms with Gasteiger partial charge in [0, 0.05) is 31.2 Å².